The minimum absolute atomic E-state index is 0.142. The number of benzene rings is 3. The van der Waals surface area contributed by atoms with Crippen LogP contribution in [0.5, 0.6) is 11.5 Å². The standard InChI is InChI=1S/C19H13N3O6/c23-19(20-14-4-2-1-3-5-14)13-6-9-16(10-7-13)28-18-11-8-15(21(24)25)12-17(18)22(26)27/h1-12H,(H,20,23). The summed E-state index contributed by atoms with van der Waals surface area (Å²) in [6.45, 7) is 0. The fraction of sp³-hybridized carbons (Fsp3) is 0. The molecule has 0 saturated heterocycles. The van der Waals surface area contributed by atoms with Crippen molar-refractivity contribution in [2.75, 3.05) is 5.32 Å². The first-order valence-electron chi connectivity index (χ1n) is 8.01. The summed E-state index contributed by atoms with van der Waals surface area (Å²) in [5.41, 5.74) is 0.0795. The van der Waals surface area contributed by atoms with Crippen molar-refractivity contribution in [2.24, 2.45) is 0 Å². The number of nitro groups is 2. The van der Waals surface area contributed by atoms with Gasteiger partial charge < -0.3 is 10.1 Å². The number of amides is 1. The molecule has 3 rings (SSSR count). The molecule has 0 radical (unpaired) electrons. The third-order valence-electron chi connectivity index (χ3n) is 3.73. The minimum Gasteiger partial charge on any atom is -0.450 e. The Morgan fingerprint density at radius 2 is 1.54 bits per heavy atom. The van der Waals surface area contributed by atoms with Gasteiger partial charge in [0, 0.05) is 17.3 Å². The zero-order chi connectivity index (χ0) is 20.1. The molecule has 3 aromatic carbocycles. The highest BCUT2D eigenvalue weighted by atomic mass is 16.6. The molecule has 140 valence electrons. The summed E-state index contributed by atoms with van der Waals surface area (Å²) < 4.78 is 5.46. The van der Waals surface area contributed by atoms with Gasteiger partial charge in [-0.2, -0.15) is 0 Å². The van der Waals surface area contributed by atoms with Crippen molar-refractivity contribution in [1.29, 1.82) is 0 Å². The second-order valence-electron chi connectivity index (χ2n) is 5.61. The van der Waals surface area contributed by atoms with E-state index in [0.29, 0.717) is 11.3 Å². The van der Waals surface area contributed by atoms with E-state index in [0.717, 1.165) is 18.2 Å². The number of carbonyl (C=O) groups excluding carboxylic acids is 1. The molecular weight excluding hydrogens is 366 g/mol. The maximum atomic E-state index is 12.2. The number of hydrogen-bond donors (Lipinski definition) is 1. The number of nitrogens with zero attached hydrogens (tertiary/aromatic N) is 2. The summed E-state index contributed by atoms with van der Waals surface area (Å²) in [4.78, 5) is 32.7. The number of carbonyl (C=O) groups is 1. The first-order valence-corrected chi connectivity index (χ1v) is 8.01. The van der Waals surface area contributed by atoms with Gasteiger partial charge in [-0.25, -0.2) is 0 Å². The van der Waals surface area contributed by atoms with Crippen LogP contribution in [-0.2, 0) is 0 Å². The summed E-state index contributed by atoms with van der Waals surface area (Å²) in [7, 11) is 0. The van der Waals surface area contributed by atoms with Crippen molar-refractivity contribution >= 4 is 23.0 Å². The zero-order valence-electron chi connectivity index (χ0n) is 14.3. The van der Waals surface area contributed by atoms with Crippen LogP contribution in [0.15, 0.2) is 72.8 Å². The number of non-ortho nitro benzene ring substituents is 1. The van der Waals surface area contributed by atoms with E-state index in [9.17, 15) is 25.0 Å². The highest BCUT2D eigenvalue weighted by Gasteiger charge is 2.21. The van der Waals surface area contributed by atoms with Gasteiger partial charge in [0.25, 0.3) is 11.6 Å². The SMILES string of the molecule is O=C(Nc1ccccc1)c1ccc(Oc2ccc([N+](=O)[O-])cc2[N+](=O)[O-])cc1. The summed E-state index contributed by atoms with van der Waals surface area (Å²) in [6.07, 6.45) is 0. The molecule has 0 saturated carbocycles. The number of nitro benzene ring substituents is 2. The molecule has 0 aromatic heterocycles. The molecular formula is C19H13N3O6. The predicted molar refractivity (Wildman–Crippen MR) is 101 cm³/mol. The Hall–Kier alpha value is -4.27. The lowest BCUT2D eigenvalue weighted by Crippen LogP contribution is -2.11. The predicted octanol–water partition coefficient (Wildman–Crippen LogP) is 4.55. The van der Waals surface area contributed by atoms with Crippen molar-refractivity contribution in [3.05, 3.63) is 98.6 Å². The third-order valence-corrected chi connectivity index (χ3v) is 3.73. The van der Waals surface area contributed by atoms with Crippen molar-refractivity contribution < 1.29 is 19.4 Å². The van der Waals surface area contributed by atoms with Crippen LogP contribution >= 0.6 is 0 Å². The molecule has 3 aromatic rings. The Kier molecular flexibility index (Phi) is 5.26. The van der Waals surface area contributed by atoms with E-state index in [1.165, 1.54) is 24.3 Å². The lowest BCUT2D eigenvalue weighted by atomic mass is 10.2. The van der Waals surface area contributed by atoms with Crippen LogP contribution in [-0.4, -0.2) is 15.8 Å². The number of hydrogen-bond acceptors (Lipinski definition) is 6. The van der Waals surface area contributed by atoms with Gasteiger partial charge in [0.2, 0.25) is 5.75 Å². The molecule has 1 amide bonds. The van der Waals surface area contributed by atoms with Crippen LogP contribution in [0.2, 0.25) is 0 Å². The van der Waals surface area contributed by atoms with E-state index < -0.39 is 21.2 Å². The molecule has 0 atom stereocenters. The second kappa shape index (κ2) is 7.96. The maximum Gasteiger partial charge on any atom is 0.318 e. The average Bonchev–Trinajstić information content (AvgIpc) is 2.69. The molecule has 28 heavy (non-hydrogen) atoms. The first-order chi connectivity index (χ1) is 13.4. The van der Waals surface area contributed by atoms with Crippen molar-refractivity contribution in [3.8, 4) is 11.5 Å². The maximum absolute atomic E-state index is 12.2. The van der Waals surface area contributed by atoms with Crippen LogP contribution < -0.4 is 10.1 Å². The molecule has 0 aliphatic heterocycles. The number of ether oxygens (including phenoxy) is 1. The quantitative estimate of drug-likeness (QED) is 0.495. The molecule has 1 N–H and O–H groups in total. The fourth-order valence-corrected chi connectivity index (χ4v) is 2.37. The van der Waals surface area contributed by atoms with Crippen molar-refractivity contribution in [2.45, 2.75) is 0 Å². The van der Waals surface area contributed by atoms with Crippen molar-refractivity contribution in [1.82, 2.24) is 0 Å². The van der Waals surface area contributed by atoms with E-state index in [4.69, 9.17) is 4.74 Å². The van der Waals surface area contributed by atoms with Gasteiger partial charge in [-0.3, -0.25) is 25.0 Å². The summed E-state index contributed by atoms with van der Waals surface area (Å²) in [6, 6.07) is 18.0. The van der Waals surface area contributed by atoms with E-state index in [1.54, 1.807) is 24.3 Å². The van der Waals surface area contributed by atoms with Gasteiger partial charge in [0.05, 0.1) is 15.9 Å². The number of anilines is 1. The molecule has 0 heterocycles. The summed E-state index contributed by atoms with van der Waals surface area (Å²) in [5, 5.41) is 24.7. The summed E-state index contributed by atoms with van der Waals surface area (Å²) in [5.74, 6) is -0.218. The molecule has 9 nitrogen and oxygen atoms in total. The van der Waals surface area contributed by atoms with Gasteiger partial charge in [0.15, 0.2) is 0 Å². The number of nitrogens with one attached hydrogen (secondary N) is 1. The normalized spacial score (nSPS) is 10.1. The molecule has 0 bridgehead atoms. The molecule has 0 spiro atoms. The van der Waals surface area contributed by atoms with Crippen molar-refractivity contribution in [3.63, 3.8) is 0 Å². The largest absolute Gasteiger partial charge is 0.450 e. The highest BCUT2D eigenvalue weighted by Crippen LogP contribution is 2.34. The molecule has 0 unspecified atom stereocenters. The van der Waals surface area contributed by atoms with Crippen LogP contribution in [0.25, 0.3) is 0 Å². The van der Waals surface area contributed by atoms with E-state index in [2.05, 4.69) is 5.32 Å². The Bertz CT molecular complexity index is 1040. The highest BCUT2D eigenvalue weighted by molar-refractivity contribution is 6.04. The van der Waals surface area contributed by atoms with Crippen LogP contribution in [0.4, 0.5) is 17.1 Å². The summed E-state index contributed by atoms with van der Waals surface area (Å²) >= 11 is 0. The third kappa shape index (κ3) is 4.28. The van der Waals surface area contributed by atoms with Gasteiger partial charge in [-0.15, -0.1) is 0 Å². The van der Waals surface area contributed by atoms with E-state index >= 15 is 0 Å². The molecule has 0 aliphatic carbocycles. The van der Waals surface area contributed by atoms with Gasteiger partial charge in [-0.1, -0.05) is 18.2 Å². The minimum atomic E-state index is -0.760. The van der Waals surface area contributed by atoms with Crippen LogP contribution in [0, 0.1) is 20.2 Å². The lowest BCUT2D eigenvalue weighted by molar-refractivity contribution is -0.394. The van der Waals surface area contributed by atoms with E-state index in [1.807, 2.05) is 6.07 Å². The Morgan fingerprint density at radius 3 is 2.14 bits per heavy atom. The Balaban J connectivity index is 1.76. The average molecular weight is 379 g/mol. The second-order valence-corrected chi connectivity index (χ2v) is 5.61. The Morgan fingerprint density at radius 1 is 0.857 bits per heavy atom. The number of rotatable bonds is 6. The molecule has 9 heteroatoms. The topological polar surface area (TPSA) is 125 Å². The van der Waals surface area contributed by atoms with Gasteiger partial charge in [-0.05, 0) is 42.5 Å². The van der Waals surface area contributed by atoms with Crippen LogP contribution in [0.3, 0.4) is 0 Å². The van der Waals surface area contributed by atoms with Gasteiger partial charge in [0.1, 0.15) is 5.75 Å². The fourth-order valence-electron chi connectivity index (χ4n) is 2.37. The first kappa shape index (κ1) is 18.5. The molecule has 0 aliphatic rings. The number of para-hydroxylation sites is 1. The molecule has 0 fully saturated rings. The van der Waals surface area contributed by atoms with Crippen LogP contribution in [0.1, 0.15) is 10.4 Å². The van der Waals surface area contributed by atoms with Gasteiger partial charge >= 0.3 is 5.69 Å². The zero-order valence-corrected chi connectivity index (χ0v) is 14.3. The monoisotopic (exact) mass is 379 g/mol. The lowest BCUT2D eigenvalue weighted by Gasteiger charge is -2.08. The Labute approximate surface area is 158 Å². The van der Waals surface area contributed by atoms with E-state index in [-0.39, 0.29) is 17.4 Å². The smallest absolute Gasteiger partial charge is 0.318 e.